The quantitative estimate of drug-likeness (QED) is 0.448. The molecule has 1 N–H and O–H groups in total. The number of methoxy groups -OCH3 is 1. The summed E-state index contributed by atoms with van der Waals surface area (Å²) in [6, 6.07) is 14.4. The highest BCUT2D eigenvalue weighted by molar-refractivity contribution is 7.99. The van der Waals surface area contributed by atoms with Crippen molar-refractivity contribution in [3.8, 4) is 11.4 Å². The van der Waals surface area contributed by atoms with E-state index in [0.29, 0.717) is 22.2 Å². The van der Waals surface area contributed by atoms with Crippen LogP contribution in [0.3, 0.4) is 0 Å². The number of Topliss-reactive ketones (excluding diaryl/α,β-unsaturated/α-hetero) is 1. The highest BCUT2D eigenvalue weighted by Crippen LogP contribution is 2.27. The maximum atomic E-state index is 12.6. The second kappa shape index (κ2) is 9.38. The predicted molar refractivity (Wildman–Crippen MR) is 113 cm³/mol. The van der Waals surface area contributed by atoms with Gasteiger partial charge in [0.15, 0.2) is 10.9 Å². The van der Waals surface area contributed by atoms with Crippen LogP contribution in [0.2, 0.25) is 0 Å². The van der Waals surface area contributed by atoms with Crippen molar-refractivity contribution in [2.24, 2.45) is 5.92 Å². The number of hydrogen-bond donors (Lipinski definition) is 1. The van der Waals surface area contributed by atoms with E-state index < -0.39 is 0 Å². The van der Waals surface area contributed by atoms with Crippen LogP contribution in [-0.4, -0.2) is 39.3 Å². The van der Waals surface area contributed by atoms with Gasteiger partial charge in [0.05, 0.1) is 18.6 Å². The van der Waals surface area contributed by atoms with Crippen molar-refractivity contribution in [3.05, 3.63) is 60.4 Å². The van der Waals surface area contributed by atoms with Crippen LogP contribution in [0.1, 0.15) is 24.2 Å². The minimum absolute atomic E-state index is 0.0358. The van der Waals surface area contributed by atoms with Gasteiger partial charge in [-0.1, -0.05) is 37.7 Å². The average molecular weight is 410 g/mol. The van der Waals surface area contributed by atoms with E-state index in [9.17, 15) is 9.59 Å². The molecule has 0 fully saturated rings. The number of rotatable bonds is 8. The molecule has 0 radical (unpaired) electrons. The van der Waals surface area contributed by atoms with E-state index in [0.717, 1.165) is 5.69 Å². The van der Waals surface area contributed by atoms with E-state index >= 15 is 0 Å². The van der Waals surface area contributed by atoms with Gasteiger partial charge in [0.1, 0.15) is 12.1 Å². The molecule has 0 bridgehead atoms. The number of benzene rings is 2. The Labute approximate surface area is 173 Å². The van der Waals surface area contributed by atoms with Crippen molar-refractivity contribution >= 4 is 29.1 Å². The summed E-state index contributed by atoms with van der Waals surface area (Å²) in [5.41, 5.74) is 2.05. The summed E-state index contributed by atoms with van der Waals surface area (Å²) in [6.07, 6.45) is 1.59. The van der Waals surface area contributed by atoms with E-state index in [1.807, 2.05) is 38.1 Å². The second-order valence-electron chi connectivity index (χ2n) is 6.59. The Morgan fingerprint density at radius 1 is 1.14 bits per heavy atom. The summed E-state index contributed by atoms with van der Waals surface area (Å²) >= 11 is 1.30. The van der Waals surface area contributed by atoms with Crippen LogP contribution in [0.5, 0.6) is 5.75 Å². The number of nitrogens with one attached hydrogen (secondary N) is 1. The molecule has 8 heteroatoms. The van der Waals surface area contributed by atoms with Crippen LogP contribution in [0.4, 0.5) is 5.69 Å². The highest BCUT2D eigenvalue weighted by atomic mass is 32.2. The molecular weight excluding hydrogens is 388 g/mol. The first-order valence-electron chi connectivity index (χ1n) is 9.10. The van der Waals surface area contributed by atoms with Crippen molar-refractivity contribution in [2.75, 3.05) is 18.2 Å². The summed E-state index contributed by atoms with van der Waals surface area (Å²) in [6.45, 7) is 3.66. The topological polar surface area (TPSA) is 86.1 Å². The van der Waals surface area contributed by atoms with Gasteiger partial charge in [0.2, 0.25) is 5.91 Å². The molecule has 0 aliphatic rings. The van der Waals surface area contributed by atoms with Crippen LogP contribution in [0.25, 0.3) is 5.69 Å². The van der Waals surface area contributed by atoms with E-state index in [-0.39, 0.29) is 23.4 Å². The molecular formula is C21H22N4O3S. The molecule has 29 heavy (non-hydrogen) atoms. The SMILES string of the molecule is COc1ccccc1-n1cnnc1SCC(=O)c1ccc(NC(=O)C(C)C)cc1. The highest BCUT2D eigenvalue weighted by Gasteiger charge is 2.14. The third kappa shape index (κ3) is 5.03. The van der Waals surface area contributed by atoms with Gasteiger partial charge in [-0.15, -0.1) is 10.2 Å². The molecule has 1 aromatic heterocycles. The third-order valence-corrected chi connectivity index (χ3v) is 5.14. The monoisotopic (exact) mass is 410 g/mol. The molecule has 150 valence electrons. The number of ketones is 1. The van der Waals surface area contributed by atoms with Gasteiger partial charge in [-0.2, -0.15) is 0 Å². The number of aromatic nitrogens is 3. The van der Waals surface area contributed by atoms with Crippen LogP contribution in [-0.2, 0) is 4.79 Å². The van der Waals surface area contributed by atoms with Gasteiger partial charge < -0.3 is 10.1 Å². The number of ether oxygens (including phenoxy) is 1. The second-order valence-corrected chi connectivity index (χ2v) is 7.53. The van der Waals surface area contributed by atoms with E-state index in [4.69, 9.17) is 4.74 Å². The summed E-state index contributed by atoms with van der Waals surface area (Å²) < 4.78 is 7.18. The normalized spacial score (nSPS) is 10.8. The maximum Gasteiger partial charge on any atom is 0.226 e. The molecule has 3 rings (SSSR count). The van der Waals surface area contributed by atoms with Crippen LogP contribution in [0.15, 0.2) is 60.0 Å². The zero-order chi connectivity index (χ0) is 20.8. The Kier molecular flexibility index (Phi) is 6.66. The molecule has 0 aliphatic heterocycles. The first-order chi connectivity index (χ1) is 14.0. The van der Waals surface area contributed by atoms with Crippen LogP contribution < -0.4 is 10.1 Å². The number of para-hydroxylation sites is 2. The van der Waals surface area contributed by atoms with Gasteiger partial charge in [-0.05, 0) is 36.4 Å². The van der Waals surface area contributed by atoms with Crippen molar-refractivity contribution in [1.29, 1.82) is 0 Å². The lowest BCUT2D eigenvalue weighted by Gasteiger charge is -2.10. The largest absolute Gasteiger partial charge is 0.495 e. The lowest BCUT2D eigenvalue weighted by Crippen LogP contribution is -2.17. The molecule has 1 heterocycles. The number of carbonyl (C=O) groups is 2. The van der Waals surface area contributed by atoms with Gasteiger partial charge >= 0.3 is 0 Å². The number of anilines is 1. The summed E-state index contributed by atoms with van der Waals surface area (Å²) in [4.78, 5) is 24.3. The summed E-state index contributed by atoms with van der Waals surface area (Å²) in [7, 11) is 1.60. The molecule has 0 saturated carbocycles. The van der Waals surface area contributed by atoms with Gasteiger partial charge in [0.25, 0.3) is 0 Å². The van der Waals surface area contributed by atoms with Gasteiger partial charge in [0, 0.05) is 17.2 Å². The number of amides is 1. The molecule has 0 atom stereocenters. The fourth-order valence-corrected chi connectivity index (χ4v) is 3.37. The van der Waals surface area contributed by atoms with Crippen LogP contribution >= 0.6 is 11.8 Å². The van der Waals surface area contributed by atoms with E-state index in [2.05, 4.69) is 15.5 Å². The zero-order valence-electron chi connectivity index (χ0n) is 16.5. The fraction of sp³-hybridized carbons (Fsp3) is 0.238. The van der Waals surface area contributed by atoms with Gasteiger partial charge in [-0.25, -0.2) is 0 Å². The molecule has 0 unspecified atom stereocenters. The van der Waals surface area contributed by atoms with E-state index in [1.54, 1.807) is 42.3 Å². The zero-order valence-corrected chi connectivity index (χ0v) is 17.3. The lowest BCUT2D eigenvalue weighted by atomic mass is 10.1. The number of carbonyl (C=O) groups excluding carboxylic acids is 2. The average Bonchev–Trinajstić information content (AvgIpc) is 3.20. The Hall–Kier alpha value is -3.13. The number of nitrogens with zero attached hydrogens (tertiary/aromatic N) is 3. The Morgan fingerprint density at radius 2 is 1.86 bits per heavy atom. The molecule has 3 aromatic rings. The fourth-order valence-electron chi connectivity index (χ4n) is 2.56. The van der Waals surface area contributed by atoms with Crippen LogP contribution in [0, 0.1) is 5.92 Å². The Bertz CT molecular complexity index is 999. The summed E-state index contributed by atoms with van der Waals surface area (Å²) in [5.74, 6) is 0.709. The van der Waals surface area contributed by atoms with Crippen molar-refractivity contribution in [3.63, 3.8) is 0 Å². The van der Waals surface area contributed by atoms with Crippen molar-refractivity contribution in [2.45, 2.75) is 19.0 Å². The molecule has 0 spiro atoms. The lowest BCUT2D eigenvalue weighted by molar-refractivity contribution is -0.118. The van der Waals surface area contributed by atoms with Crippen molar-refractivity contribution < 1.29 is 14.3 Å². The standard InChI is InChI=1S/C21H22N4O3S/c1-14(2)20(27)23-16-10-8-15(9-11-16)18(26)12-29-21-24-22-13-25(21)17-6-4-5-7-19(17)28-3/h4-11,13-14H,12H2,1-3H3,(H,23,27). The minimum atomic E-state index is -0.103. The summed E-state index contributed by atoms with van der Waals surface area (Å²) in [5, 5.41) is 11.5. The number of hydrogen-bond acceptors (Lipinski definition) is 6. The Balaban J connectivity index is 1.66. The first-order valence-corrected chi connectivity index (χ1v) is 10.1. The van der Waals surface area contributed by atoms with E-state index in [1.165, 1.54) is 11.8 Å². The molecule has 0 saturated heterocycles. The predicted octanol–water partition coefficient (Wildman–Crippen LogP) is 3.85. The smallest absolute Gasteiger partial charge is 0.226 e. The maximum absolute atomic E-state index is 12.6. The molecule has 1 amide bonds. The van der Waals surface area contributed by atoms with Crippen molar-refractivity contribution in [1.82, 2.24) is 14.8 Å². The number of thioether (sulfide) groups is 1. The molecule has 0 aliphatic carbocycles. The van der Waals surface area contributed by atoms with Gasteiger partial charge in [-0.3, -0.25) is 14.2 Å². The Morgan fingerprint density at radius 3 is 2.55 bits per heavy atom. The third-order valence-electron chi connectivity index (χ3n) is 4.19. The first kappa shape index (κ1) is 20.6. The molecule has 7 nitrogen and oxygen atoms in total. The minimum Gasteiger partial charge on any atom is -0.495 e. The molecule has 2 aromatic carbocycles.